The minimum absolute atomic E-state index is 0.118. The van der Waals surface area contributed by atoms with Crippen LogP contribution in [0.4, 0.5) is 13.2 Å². The molecule has 0 aliphatic rings. The molecule has 0 fully saturated rings. The third-order valence-electron chi connectivity index (χ3n) is 3.37. The average Bonchev–Trinajstić information content (AvgIpc) is 2.53. The van der Waals surface area contributed by atoms with Crippen LogP contribution in [0.2, 0.25) is 0 Å². The zero-order valence-corrected chi connectivity index (χ0v) is 12.2. The van der Waals surface area contributed by atoms with Crippen molar-refractivity contribution in [3.8, 4) is 16.9 Å². The number of carbonyl (C=O) groups excluding carboxylic acids is 1. The fourth-order valence-electron chi connectivity index (χ4n) is 2.35. The fraction of sp³-hybridized carbons (Fsp3) is 0.0588. The maximum Gasteiger partial charge on any atom is 0.573 e. The lowest BCUT2D eigenvalue weighted by Gasteiger charge is -2.10. The Bertz CT molecular complexity index is 906. The lowest BCUT2D eigenvalue weighted by atomic mass is 10.0. The largest absolute Gasteiger partial charge is 0.573 e. The van der Waals surface area contributed by atoms with Gasteiger partial charge in [-0.05, 0) is 23.8 Å². The van der Waals surface area contributed by atoms with E-state index in [9.17, 15) is 18.0 Å². The van der Waals surface area contributed by atoms with Crippen LogP contribution in [0, 0.1) is 0 Å². The number of rotatable bonds is 3. The van der Waals surface area contributed by atoms with Gasteiger partial charge in [0.25, 0.3) is 5.91 Å². The molecule has 3 rings (SSSR count). The zero-order chi connectivity index (χ0) is 17.3. The summed E-state index contributed by atoms with van der Waals surface area (Å²) < 4.78 is 40.5. The van der Waals surface area contributed by atoms with Crippen molar-refractivity contribution < 1.29 is 22.7 Å². The number of hydrogen-bond donors (Lipinski definition) is 1. The van der Waals surface area contributed by atoms with Crippen molar-refractivity contribution in [1.29, 1.82) is 0 Å². The molecule has 4 nitrogen and oxygen atoms in total. The van der Waals surface area contributed by atoms with Crippen LogP contribution in [0.5, 0.6) is 5.75 Å². The maximum atomic E-state index is 12.2. The molecule has 0 bridgehead atoms. The van der Waals surface area contributed by atoms with E-state index in [4.69, 9.17) is 5.73 Å². The third kappa shape index (κ3) is 3.29. The minimum atomic E-state index is -4.74. The van der Waals surface area contributed by atoms with E-state index in [0.717, 1.165) is 5.39 Å². The predicted molar refractivity (Wildman–Crippen MR) is 82.4 cm³/mol. The van der Waals surface area contributed by atoms with E-state index in [2.05, 4.69) is 9.72 Å². The number of nitrogens with zero attached hydrogens (tertiary/aromatic N) is 1. The van der Waals surface area contributed by atoms with Gasteiger partial charge in [-0.2, -0.15) is 0 Å². The van der Waals surface area contributed by atoms with Crippen LogP contribution in [-0.4, -0.2) is 17.3 Å². The highest BCUT2D eigenvalue weighted by atomic mass is 19.4. The summed E-state index contributed by atoms with van der Waals surface area (Å²) in [6.45, 7) is 0. The average molecular weight is 332 g/mol. The van der Waals surface area contributed by atoms with Crippen LogP contribution in [0.15, 0.2) is 54.6 Å². The first-order valence-electron chi connectivity index (χ1n) is 6.89. The molecule has 0 spiro atoms. The van der Waals surface area contributed by atoms with E-state index < -0.39 is 12.3 Å². The van der Waals surface area contributed by atoms with E-state index in [1.807, 2.05) is 6.07 Å². The summed E-state index contributed by atoms with van der Waals surface area (Å²) in [7, 11) is 0. The van der Waals surface area contributed by atoms with Gasteiger partial charge >= 0.3 is 6.36 Å². The maximum absolute atomic E-state index is 12.2. The first kappa shape index (κ1) is 15.8. The number of amides is 1. The molecule has 1 amide bonds. The Hall–Kier alpha value is -3.09. The number of nitrogens with two attached hydrogens (primary N) is 1. The molecule has 0 saturated carbocycles. The molecule has 2 aromatic carbocycles. The molecule has 0 unspecified atom stereocenters. The Morgan fingerprint density at radius 1 is 1.00 bits per heavy atom. The van der Waals surface area contributed by atoms with Crippen LogP contribution in [0.25, 0.3) is 22.0 Å². The number of ether oxygens (including phenoxy) is 1. The van der Waals surface area contributed by atoms with Crippen LogP contribution in [-0.2, 0) is 0 Å². The quantitative estimate of drug-likeness (QED) is 0.791. The Labute approximate surface area is 134 Å². The van der Waals surface area contributed by atoms with E-state index in [-0.39, 0.29) is 11.4 Å². The summed E-state index contributed by atoms with van der Waals surface area (Å²) in [4.78, 5) is 15.6. The molecule has 0 atom stereocenters. The molecule has 122 valence electrons. The van der Waals surface area contributed by atoms with Gasteiger partial charge in [0.05, 0.1) is 5.52 Å². The summed E-state index contributed by atoms with van der Waals surface area (Å²) in [6, 6.07) is 14.0. The van der Waals surface area contributed by atoms with Crippen molar-refractivity contribution in [2.45, 2.75) is 6.36 Å². The zero-order valence-electron chi connectivity index (χ0n) is 12.2. The second-order valence-corrected chi connectivity index (χ2v) is 5.01. The molecule has 1 aromatic heterocycles. The molecule has 3 aromatic rings. The van der Waals surface area contributed by atoms with Gasteiger partial charge in [-0.3, -0.25) is 4.79 Å². The number of alkyl halides is 3. The second kappa shape index (κ2) is 5.84. The van der Waals surface area contributed by atoms with Gasteiger partial charge in [0, 0.05) is 10.9 Å². The summed E-state index contributed by atoms with van der Waals surface area (Å²) in [5.41, 5.74) is 7.22. The smallest absolute Gasteiger partial charge is 0.406 e. The van der Waals surface area contributed by atoms with Crippen LogP contribution < -0.4 is 10.5 Å². The number of fused-ring (bicyclic) bond motifs is 1. The molecule has 0 radical (unpaired) electrons. The van der Waals surface area contributed by atoms with Crippen molar-refractivity contribution in [2.24, 2.45) is 5.73 Å². The molecular formula is C17H11F3N2O2. The minimum Gasteiger partial charge on any atom is -0.406 e. The number of halogens is 3. The lowest BCUT2D eigenvalue weighted by molar-refractivity contribution is -0.274. The number of pyridine rings is 1. The Morgan fingerprint density at radius 2 is 1.71 bits per heavy atom. The first-order chi connectivity index (χ1) is 11.3. The molecular weight excluding hydrogens is 321 g/mol. The Morgan fingerprint density at radius 3 is 2.33 bits per heavy atom. The van der Waals surface area contributed by atoms with Crippen LogP contribution in [0.1, 0.15) is 10.5 Å². The van der Waals surface area contributed by atoms with Gasteiger partial charge < -0.3 is 10.5 Å². The highest BCUT2D eigenvalue weighted by molar-refractivity contribution is 5.98. The standard InChI is InChI=1S/C17H11F3N2O2/c18-17(19,20)24-12-7-4-10(5-8-12)13-3-1-2-11-6-9-14(16(21)23)22-15(11)13/h1-9H,(H2,21,23). The Balaban J connectivity index is 2.05. The van der Waals surface area contributed by atoms with Crippen molar-refractivity contribution in [3.63, 3.8) is 0 Å². The number of benzene rings is 2. The van der Waals surface area contributed by atoms with Gasteiger partial charge in [-0.1, -0.05) is 36.4 Å². The Kier molecular flexibility index (Phi) is 3.84. The summed E-state index contributed by atoms with van der Waals surface area (Å²) in [6.07, 6.45) is -4.74. The van der Waals surface area contributed by atoms with Gasteiger partial charge in [-0.15, -0.1) is 13.2 Å². The van der Waals surface area contributed by atoms with Crippen LogP contribution in [0.3, 0.4) is 0 Å². The highest BCUT2D eigenvalue weighted by Gasteiger charge is 2.30. The number of carbonyl (C=O) groups is 1. The van der Waals surface area contributed by atoms with E-state index >= 15 is 0 Å². The van der Waals surface area contributed by atoms with Crippen LogP contribution >= 0.6 is 0 Å². The summed E-state index contributed by atoms with van der Waals surface area (Å²) >= 11 is 0. The first-order valence-corrected chi connectivity index (χ1v) is 6.89. The van der Waals surface area contributed by atoms with E-state index in [0.29, 0.717) is 16.6 Å². The van der Waals surface area contributed by atoms with Crippen molar-refractivity contribution in [3.05, 3.63) is 60.3 Å². The molecule has 0 aliphatic carbocycles. The number of hydrogen-bond acceptors (Lipinski definition) is 3. The third-order valence-corrected chi connectivity index (χ3v) is 3.37. The SMILES string of the molecule is NC(=O)c1ccc2cccc(-c3ccc(OC(F)(F)F)cc3)c2n1. The lowest BCUT2D eigenvalue weighted by Crippen LogP contribution is -2.16. The number of aromatic nitrogens is 1. The van der Waals surface area contributed by atoms with E-state index in [1.54, 1.807) is 18.2 Å². The fourth-order valence-corrected chi connectivity index (χ4v) is 2.35. The summed E-state index contributed by atoms with van der Waals surface area (Å²) in [5.74, 6) is -0.960. The molecule has 7 heteroatoms. The summed E-state index contributed by atoms with van der Waals surface area (Å²) in [5, 5.41) is 0.785. The van der Waals surface area contributed by atoms with Gasteiger partial charge in [-0.25, -0.2) is 4.98 Å². The molecule has 0 aliphatic heterocycles. The van der Waals surface area contributed by atoms with Crippen molar-refractivity contribution in [2.75, 3.05) is 0 Å². The van der Waals surface area contributed by atoms with Gasteiger partial charge in [0.1, 0.15) is 11.4 Å². The van der Waals surface area contributed by atoms with Crippen molar-refractivity contribution in [1.82, 2.24) is 4.98 Å². The van der Waals surface area contributed by atoms with Crippen molar-refractivity contribution >= 4 is 16.8 Å². The number of para-hydroxylation sites is 1. The second-order valence-electron chi connectivity index (χ2n) is 5.01. The number of primary amides is 1. The molecule has 2 N–H and O–H groups in total. The molecule has 1 heterocycles. The monoisotopic (exact) mass is 332 g/mol. The van der Waals surface area contributed by atoms with Gasteiger partial charge in [0.2, 0.25) is 0 Å². The molecule has 24 heavy (non-hydrogen) atoms. The predicted octanol–water partition coefficient (Wildman–Crippen LogP) is 3.90. The topological polar surface area (TPSA) is 65.2 Å². The van der Waals surface area contributed by atoms with E-state index in [1.165, 1.54) is 30.3 Å². The van der Waals surface area contributed by atoms with Gasteiger partial charge in [0.15, 0.2) is 0 Å². The molecule has 0 saturated heterocycles. The highest BCUT2D eigenvalue weighted by Crippen LogP contribution is 2.30. The normalized spacial score (nSPS) is 11.5.